The number of aromatic nitrogens is 2. The third-order valence-electron chi connectivity index (χ3n) is 6.46. The van der Waals surface area contributed by atoms with E-state index in [2.05, 4.69) is 46.3 Å². The third kappa shape index (κ3) is 4.48. The molecule has 1 aliphatic carbocycles. The number of hydrogen-bond donors (Lipinski definition) is 1. The molecule has 2 aromatic rings. The minimum Gasteiger partial charge on any atom is -0.396 e. The smallest absolute Gasteiger partial charge is 0.0968 e. The summed E-state index contributed by atoms with van der Waals surface area (Å²) in [4.78, 5) is 5.27. The van der Waals surface area contributed by atoms with Crippen LogP contribution in [0, 0.1) is 0 Å². The summed E-state index contributed by atoms with van der Waals surface area (Å²) in [5.41, 5.74) is 3.57. The lowest BCUT2D eigenvalue weighted by Crippen LogP contribution is -2.56. The van der Waals surface area contributed by atoms with Crippen molar-refractivity contribution < 1.29 is 5.11 Å². The van der Waals surface area contributed by atoms with E-state index in [1.165, 1.54) is 43.2 Å². The highest BCUT2D eigenvalue weighted by Gasteiger charge is 2.32. The van der Waals surface area contributed by atoms with Crippen molar-refractivity contribution in [3.05, 3.63) is 42.1 Å². The maximum absolute atomic E-state index is 9.65. The molecule has 1 aromatic carbocycles. The first-order chi connectivity index (χ1) is 13.7. The summed E-state index contributed by atoms with van der Waals surface area (Å²) in [6.07, 6.45) is 9.85. The van der Waals surface area contributed by atoms with Crippen LogP contribution >= 0.6 is 0 Å². The van der Waals surface area contributed by atoms with E-state index >= 15 is 0 Å². The van der Waals surface area contributed by atoms with E-state index in [0.29, 0.717) is 6.04 Å². The Balaban J connectivity index is 1.46. The lowest BCUT2D eigenvalue weighted by atomic mass is 9.91. The zero-order valence-electron chi connectivity index (χ0n) is 17.1. The number of aryl methyl sites for hydroxylation is 1. The van der Waals surface area contributed by atoms with Crippen molar-refractivity contribution in [2.75, 3.05) is 26.2 Å². The summed E-state index contributed by atoms with van der Waals surface area (Å²) in [7, 11) is 2.01. The van der Waals surface area contributed by atoms with Crippen LogP contribution in [0.4, 0.5) is 0 Å². The highest BCUT2D eigenvalue weighted by atomic mass is 16.3. The van der Waals surface area contributed by atoms with Gasteiger partial charge in [0, 0.05) is 69.2 Å². The van der Waals surface area contributed by atoms with E-state index in [-0.39, 0.29) is 6.61 Å². The van der Waals surface area contributed by atoms with Crippen molar-refractivity contribution in [1.29, 1.82) is 0 Å². The van der Waals surface area contributed by atoms with Crippen LogP contribution in [0.5, 0.6) is 0 Å². The number of aliphatic hydroxyl groups is 1. The molecule has 1 unspecified atom stereocenters. The van der Waals surface area contributed by atoms with Crippen LogP contribution in [0.15, 0.2) is 36.5 Å². The highest BCUT2D eigenvalue weighted by molar-refractivity contribution is 5.62. The number of nitrogens with zero attached hydrogens (tertiary/aromatic N) is 4. The molecule has 2 heterocycles. The molecule has 5 heteroatoms. The van der Waals surface area contributed by atoms with Gasteiger partial charge in [-0.3, -0.25) is 14.5 Å². The number of rotatable bonds is 6. The van der Waals surface area contributed by atoms with E-state index in [0.717, 1.165) is 44.3 Å². The lowest BCUT2D eigenvalue weighted by molar-refractivity contribution is 0.0137. The third-order valence-corrected chi connectivity index (χ3v) is 6.46. The molecule has 0 amide bonds. The highest BCUT2D eigenvalue weighted by Crippen LogP contribution is 2.29. The normalized spacial score (nSPS) is 22.6. The number of benzene rings is 1. The largest absolute Gasteiger partial charge is 0.396 e. The summed E-state index contributed by atoms with van der Waals surface area (Å²) in [6.45, 7) is 4.47. The van der Waals surface area contributed by atoms with Gasteiger partial charge in [0.2, 0.25) is 0 Å². The summed E-state index contributed by atoms with van der Waals surface area (Å²) < 4.78 is 1.93. The Hall–Kier alpha value is -1.69. The molecule has 28 heavy (non-hydrogen) atoms. The average Bonchev–Trinajstić information content (AvgIpc) is 3.10. The first-order valence-electron chi connectivity index (χ1n) is 10.9. The first-order valence-corrected chi connectivity index (χ1v) is 10.9. The van der Waals surface area contributed by atoms with Crippen LogP contribution in [0.2, 0.25) is 0 Å². The fourth-order valence-corrected chi connectivity index (χ4v) is 5.11. The molecule has 0 radical (unpaired) electrons. The van der Waals surface area contributed by atoms with Crippen molar-refractivity contribution >= 4 is 0 Å². The SMILES string of the molecule is Cn1cc(CN2CCN(C3CCCCC3)C(CCO)C2)c(-c2ccccc2)n1. The summed E-state index contributed by atoms with van der Waals surface area (Å²) >= 11 is 0. The molecule has 1 N–H and O–H groups in total. The first kappa shape index (κ1) is 19.6. The number of piperazine rings is 1. The van der Waals surface area contributed by atoms with Gasteiger partial charge in [0.05, 0.1) is 5.69 Å². The zero-order chi connectivity index (χ0) is 19.3. The van der Waals surface area contributed by atoms with E-state index in [4.69, 9.17) is 5.10 Å². The molecule has 1 atom stereocenters. The minimum absolute atomic E-state index is 0.282. The van der Waals surface area contributed by atoms with Crippen molar-refractivity contribution in [2.24, 2.45) is 7.05 Å². The Kier molecular flexibility index (Phi) is 6.45. The van der Waals surface area contributed by atoms with Crippen LogP contribution < -0.4 is 0 Å². The predicted octanol–water partition coefficient (Wildman–Crippen LogP) is 3.29. The monoisotopic (exact) mass is 382 g/mol. The van der Waals surface area contributed by atoms with Gasteiger partial charge < -0.3 is 5.11 Å². The predicted molar refractivity (Wildman–Crippen MR) is 113 cm³/mol. The molecule has 1 saturated heterocycles. The maximum atomic E-state index is 9.65. The van der Waals surface area contributed by atoms with Gasteiger partial charge in [-0.25, -0.2) is 0 Å². The Morgan fingerprint density at radius 2 is 1.86 bits per heavy atom. The van der Waals surface area contributed by atoms with Gasteiger partial charge in [0.1, 0.15) is 0 Å². The number of hydrogen-bond acceptors (Lipinski definition) is 4. The van der Waals surface area contributed by atoms with Gasteiger partial charge in [-0.1, -0.05) is 49.6 Å². The van der Waals surface area contributed by atoms with Crippen molar-refractivity contribution in [1.82, 2.24) is 19.6 Å². The quantitative estimate of drug-likeness (QED) is 0.833. The second kappa shape index (κ2) is 9.21. The van der Waals surface area contributed by atoms with Crippen molar-refractivity contribution in [3.63, 3.8) is 0 Å². The van der Waals surface area contributed by atoms with Crippen molar-refractivity contribution in [3.8, 4) is 11.3 Å². The van der Waals surface area contributed by atoms with Gasteiger partial charge in [-0.2, -0.15) is 5.10 Å². The van der Waals surface area contributed by atoms with Crippen LogP contribution in [0.1, 0.15) is 44.1 Å². The Morgan fingerprint density at radius 1 is 1.07 bits per heavy atom. The van der Waals surface area contributed by atoms with Crippen LogP contribution in [0.25, 0.3) is 11.3 Å². The number of aliphatic hydroxyl groups excluding tert-OH is 1. The second-order valence-electron chi connectivity index (χ2n) is 8.47. The molecule has 0 bridgehead atoms. The second-order valence-corrected chi connectivity index (χ2v) is 8.47. The van der Waals surface area contributed by atoms with Crippen LogP contribution in [0.3, 0.4) is 0 Å². The molecule has 1 aromatic heterocycles. The van der Waals surface area contributed by atoms with Crippen LogP contribution in [-0.4, -0.2) is 63.0 Å². The van der Waals surface area contributed by atoms with Gasteiger partial charge in [-0.15, -0.1) is 0 Å². The zero-order valence-corrected chi connectivity index (χ0v) is 17.1. The summed E-state index contributed by atoms with van der Waals surface area (Å²) in [6, 6.07) is 11.7. The Bertz CT molecular complexity index is 738. The van der Waals surface area contributed by atoms with Gasteiger partial charge in [0.25, 0.3) is 0 Å². The van der Waals surface area contributed by atoms with Gasteiger partial charge in [-0.05, 0) is 19.3 Å². The van der Waals surface area contributed by atoms with E-state index < -0.39 is 0 Å². The Labute approximate surface area is 169 Å². The summed E-state index contributed by atoms with van der Waals surface area (Å²) in [5, 5.41) is 14.4. The average molecular weight is 383 g/mol. The summed E-state index contributed by atoms with van der Waals surface area (Å²) in [5.74, 6) is 0. The van der Waals surface area contributed by atoms with E-state index in [1.54, 1.807) is 0 Å². The molecule has 5 nitrogen and oxygen atoms in total. The Morgan fingerprint density at radius 3 is 2.61 bits per heavy atom. The van der Waals surface area contributed by atoms with E-state index in [9.17, 15) is 5.11 Å². The fourth-order valence-electron chi connectivity index (χ4n) is 5.11. The molecule has 1 saturated carbocycles. The minimum atomic E-state index is 0.282. The standard InChI is InChI=1S/C23H34N4O/c1-25-16-20(23(24-25)19-8-4-2-5-9-19)17-26-13-14-27(22(18-26)12-15-28)21-10-6-3-7-11-21/h2,4-5,8-9,16,21-22,28H,3,6-7,10-15,17-18H2,1H3. The molecular formula is C23H34N4O. The molecule has 152 valence electrons. The van der Waals surface area contributed by atoms with E-state index in [1.807, 2.05) is 11.7 Å². The van der Waals surface area contributed by atoms with Gasteiger partial charge in [0.15, 0.2) is 0 Å². The fraction of sp³-hybridized carbons (Fsp3) is 0.609. The van der Waals surface area contributed by atoms with Crippen molar-refractivity contribution in [2.45, 2.75) is 57.2 Å². The molecule has 2 aliphatic rings. The van der Waals surface area contributed by atoms with Crippen LogP contribution in [-0.2, 0) is 13.6 Å². The molecule has 0 spiro atoms. The molecule has 1 aliphatic heterocycles. The molecule has 4 rings (SSSR count). The topological polar surface area (TPSA) is 44.5 Å². The lowest BCUT2D eigenvalue weighted by Gasteiger charge is -2.46. The molecular weight excluding hydrogens is 348 g/mol. The maximum Gasteiger partial charge on any atom is 0.0968 e. The molecule has 2 fully saturated rings. The van der Waals surface area contributed by atoms with Gasteiger partial charge >= 0.3 is 0 Å².